The van der Waals surface area contributed by atoms with Crippen LogP contribution in [0.2, 0.25) is 0 Å². The van der Waals surface area contributed by atoms with Crippen molar-refractivity contribution in [2.45, 2.75) is 26.2 Å². The molecule has 0 heterocycles. The van der Waals surface area contributed by atoms with E-state index in [0.717, 1.165) is 6.08 Å². The van der Waals surface area contributed by atoms with E-state index in [0.29, 0.717) is 6.42 Å². The first-order valence-electron chi connectivity index (χ1n) is 4.52. The number of ketones is 1. The van der Waals surface area contributed by atoms with Crippen molar-refractivity contribution in [3.63, 3.8) is 0 Å². The number of carbonyl (C=O) groups is 3. The molecule has 0 radical (unpaired) electrons. The van der Waals surface area contributed by atoms with Crippen molar-refractivity contribution in [1.82, 2.24) is 0 Å². The van der Waals surface area contributed by atoms with Gasteiger partial charge in [0.15, 0.2) is 5.78 Å². The molecular weight excluding hydrogens is 200 g/mol. The standard InChI is InChI=1S/C10H14O5/c1-3-5-10(9(14)15,6-8(12)13)7(11)4-2/h4H,2-3,5-6H2,1H3,(H,12,13)(H,14,15). The van der Waals surface area contributed by atoms with Crippen LogP contribution in [0.5, 0.6) is 0 Å². The SMILES string of the molecule is C=CC(=O)C(CCC)(CC(=O)O)C(=O)O. The summed E-state index contributed by atoms with van der Waals surface area (Å²) < 4.78 is 0. The molecule has 1 unspecified atom stereocenters. The maximum Gasteiger partial charge on any atom is 0.318 e. The molecule has 5 nitrogen and oxygen atoms in total. The van der Waals surface area contributed by atoms with E-state index in [1.54, 1.807) is 6.92 Å². The van der Waals surface area contributed by atoms with Crippen LogP contribution in [-0.4, -0.2) is 27.9 Å². The molecule has 0 aliphatic carbocycles. The third-order valence-electron chi connectivity index (χ3n) is 2.20. The van der Waals surface area contributed by atoms with E-state index in [-0.39, 0.29) is 6.42 Å². The van der Waals surface area contributed by atoms with E-state index < -0.39 is 29.6 Å². The summed E-state index contributed by atoms with van der Waals surface area (Å²) >= 11 is 0. The lowest BCUT2D eigenvalue weighted by molar-refractivity contribution is -0.160. The molecule has 15 heavy (non-hydrogen) atoms. The molecular formula is C10H14O5. The van der Waals surface area contributed by atoms with Gasteiger partial charge in [0.1, 0.15) is 5.41 Å². The Morgan fingerprint density at radius 3 is 2.13 bits per heavy atom. The van der Waals surface area contributed by atoms with Crippen LogP contribution in [0, 0.1) is 5.41 Å². The van der Waals surface area contributed by atoms with Crippen molar-refractivity contribution < 1.29 is 24.6 Å². The zero-order valence-electron chi connectivity index (χ0n) is 8.52. The highest BCUT2D eigenvalue weighted by atomic mass is 16.4. The van der Waals surface area contributed by atoms with Gasteiger partial charge in [0.2, 0.25) is 0 Å². The Bertz CT molecular complexity index is 294. The summed E-state index contributed by atoms with van der Waals surface area (Å²) in [5.74, 6) is -3.46. The van der Waals surface area contributed by atoms with Gasteiger partial charge in [-0.05, 0) is 12.5 Å². The van der Waals surface area contributed by atoms with Gasteiger partial charge in [-0.3, -0.25) is 14.4 Å². The molecule has 0 bridgehead atoms. The maximum atomic E-state index is 11.4. The summed E-state index contributed by atoms with van der Waals surface area (Å²) in [6.45, 7) is 4.88. The Labute approximate surface area is 87.4 Å². The second-order valence-corrected chi connectivity index (χ2v) is 3.28. The molecule has 0 amide bonds. The second kappa shape index (κ2) is 5.29. The van der Waals surface area contributed by atoms with Gasteiger partial charge >= 0.3 is 11.9 Å². The average Bonchev–Trinajstić information content (AvgIpc) is 2.14. The zero-order chi connectivity index (χ0) is 12.1. The summed E-state index contributed by atoms with van der Waals surface area (Å²) in [6.07, 6.45) is 0.576. The van der Waals surface area contributed by atoms with E-state index in [1.165, 1.54) is 0 Å². The normalized spacial score (nSPS) is 13.9. The number of hydrogen-bond acceptors (Lipinski definition) is 3. The Morgan fingerprint density at radius 2 is 1.87 bits per heavy atom. The predicted octanol–water partition coefficient (Wildman–Crippen LogP) is 1.09. The van der Waals surface area contributed by atoms with Gasteiger partial charge in [0, 0.05) is 0 Å². The maximum absolute atomic E-state index is 11.4. The molecule has 1 atom stereocenters. The monoisotopic (exact) mass is 214 g/mol. The molecule has 0 aliphatic rings. The summed E-state index contributed by atoms with van der Waals surface area (Å²) in [7, 11) is 0. The van der Waals surface area contributed by atoms with E-state index >= 15 is 0 Å². The van der Waals surface area contributed by atoms with Crippen molar-refractivity contribution in [2.24, 2.45) is 5.41 Å². The lowest BCUT2D eigenvalue weighted by Gasteiger charge is -2.24. The van der Waals surface area contributed by atoms with E-state index in [2.05, 4.69) is 6.58 Å². The van der Waals surface area contributed by atoms with Gasteiger partial charge in [-0.2, -0.15) is 0 Å². The first-order valence-corrected chi connectivity index (χ1v) is 4.52. The van der Waals surface area contributed by atoms with Gasteiger partial charge in [-0.15, -0.1) is 0 Å². The lowest BCUT2D eigenvalue weighted by atomic mass is 9.76. The minimum absolute atomic E-state index is 0.000509. The highest BCUT2D eigenvalue weighted by Gasteiger charge is 2.45. The summed E-state index contributed by atoms with van der Waals surface area (Å²) in [5, 5.41) is 17.6. The first kappa shape index (κ1) is 13.4. The van der Waals surface area contributed by atoms with Crippen LogP contribution < -0.4 is 0 Å². The van der Waals surface area contributed by atoms with E-state index in [1.807, 2.05) is 0 Å². The highest BCUT2D eigenvalue weighted by Crippen LogP contribution is 2.30. The van der Waals surface area contributed by atoms with E-state index in [4.69, 9.17) is 10.2 Å². The van der Waals surface area contributed by atoms with Gasteiger partial charge in [-0.25, -0.2) is 0 Å². The quantitative estimate of drug-likeness (QED) is 0.489. The summed E-state index contributed by atoms with van der Waals surface area (Å²) in [4.78, 5) is 33.0. The summed E-state index contributed by atoms with van der Waals surface area (Å²) in [6, 6.07) is 0. The highest BCUT2D eigenvalue weighted by molar-refractivity contribution is 6.10. The molecule has 0 aromatic carbocycles. The van der Waals surface area contributed by atoms with Crippen LogP contribution in [0.4, 0.5) is 0 Å². The van der Waals surface area contributed by atoms with Crippen molar-refractivity contribution in [1.29, 1.82) is 0 Å². The first-order chi connectivity index (χ1) is 6.90. The number of carboxylic acids is 2. The smallest absolute Gasteiger partial charge is 0.318 e. The van der Waals surface area contributed by atoms with Crippen LogP contribution in [0.1, 0.15) is 26.2 Å². The van der Waals surface area contributed by atoms with Gasteiger partial charge in [0.05, 0.1) is 6.42 Å². The Morgan fingerprint density at radius 1 is 1.33 bits per heavy atom. The lowest BCUT2D eigenvalue weighted by Crippen LogP contribution is -2.40. The van der Waals surface area contributed by atoms with Crippen LogP contribution in [-0.2, 0) is 14.4 Å². The number of rotatable bonds is 7. The predicted molar refractivity (Wildman–Crippen MR) is 52.4 cm³/mol. The van der Waals surface area contributed by atoms with Crippen molar-refractivity contribution >= 4 is 17.7 Å². The molecule has 5 heteroatoms. The fourth-order valence-corrected chi connectivity index (χ4v) is 1.47. The average molecular weight is 214 g/mol. The number of carboxylic acid groups (broad SMARTS) is 2. The summed E-state index contributed by atoms with van der Waals surface area (Å²) in [5.41, 5.74) is -1.86. The molecule has 0 fully saturated rings. The van der Waals surface area contributed by atoms with Crippen LogP contribution in [0.25, 0.3) is 0 Å². The Balaban J connectivity index is 5.24. The molecule has 0 aliphatic heterocycles. The van der Waals surface area contributed by atoms with Gasteiger partial charge in [-0.1, -0.05) is 19.9 Å². The van der Waals surface area contributed by atoms with Crippen molar-refractivity contribution in [3.8, 4) is 0 Å². The number of hydrogen-bond donors (Lipinski definition) is 2. The molecule has 0 rings (SSSR count). The molecule has 0 spiro atoms. The third kappa shape index (κ3) is 2.90. The topological polar surface area (TPSA) is 91.7 Å². The fraction of sp³-hybridized carbons (Fsp3) is 0.500. The number of carbonyl (C=O) groups excluding carboxylic acids is 1. The van der Waals surface area contributed by atoms with Crippen molar-refractivity contribution in [2.75, 3.05) is 0 Å². The molecule has 0 saturated carbocycles. The largest absolute Gasteiger partial charge is 0.481 e. The van der Waals surface area contributed by atoms with E-state index in [9.17, 15) is 14.4 Å². The van der Waals surface area contributed by atoms with Crippen LogP contribution in [0.3, 0.4) is 0 Å². The molecule has 2 N–H and O–H groups in total. The Kier molecular flexibility index (Phi) is 4.70. The molecule has 84 valence electrons. The molecule has 0 aromatic heterocycles. The fourth-order valence-electron chi connectivity index (χ4n) is 1.47. The van der Waals surface area contributed by atoms with Crippen molar-refractivity contribution in [3.05, 3.63) is 12.7 Å². The number of aliphatic carboxylic acids is 2. The second-order valence-electron chi connectivity index (χ2n) is 3.28. The molecule has 0 aromatic rings. The van der Waals surface area contributed by atoms with Crippen LogP contribution in [0.15, 0.2) is 12.7 Å². The minimum atomic E-state index is -1.86. The van der Waals surface area contributed by atoms with Gasteiger partial charge < -0.3 is 10.2 Å². The molecule has 0 saturated heterocycles. The zero-order valence-corrected chi connectivity index (χ0v) is 8.52. The minimum Gasteiger partial charge on any atom is -0.481 e. The third-order valence-corrected chi connectivity index (χ3v) is 2.20. The number of allylic oxidation sites excluding steroid dienone is 1. The van der Waals surface area contributed by atoms with Crippen LogP contribution >= 0.6 is 0 Å². The van der Waals surface area contributed by atoms with Gasteiger partial charge in [0.25, 0.3) is 0 Å². The Hall–Kier alpha value is -1.65.